The zero-order valence-electron chi connectivity index (χ0n) is 15.3. The maximum absolute atomic E-state index is 12.2. The highest BCUT2D eigenvalue weighted by Crippen LogP contribution is 2.24. The van der Waals surface area contributed by atoms with Crippen LogP contribution in [0.3, 0.4) is 0 Å². The molecule has 4 rings (SSSR count). The van der Waals surface area contributed by atoms with Crippen molar-refractivity contribution in [1.82, 2.24) is 33.4 Å². The number of fused-ring (bicyclic) bond motifs is 1. The van der Waals surface area contributed by atoms with E-state index in [0.717, 1.165) is 11.4 Å². The van der Waals surface area contributed by atoms with E-state index in [1.165, 1.54) is 22.7 Å². The van der Waals surface area contributed by atoms with Gasteiger partial charge >= 0.3 is 0 Å². The van der Waals surface area contributed by atoms with Gasteiger partial charge in [0, 0.05) is 52.2 Å². The first kappa shape index (κ1) is 17.8. The summed E-state index contributed by atoms with van der Waals surface area (Å²) in [5.74, 6) is 1.36. The molecule has 0 unspecified atom stereocenters. The summed E-state index contributed by atoms with van der Waals surface area (Å²) >= 11 is 0. The maximum atomic E-state index is 12.2. The van der Waals surface area contributed by atoms with Gasteiger partial charge in [-0.2, -0.15) is 21.5 Å². The number of pyridine rings is 1. The number of anilines is 1. The molecule has 142 valence electrons. The van der Waals surface area contributed by atoms with Crippen LogP contribution in [0.1, 0.15) is 0 Å². The predicted octanol–water partition coefficient (Wildman–Crippen LogP) is 0.113. The Morgan fingerprint density at radius 3 is 2.56 bits per heavy atom. The second-order valence-corrected chi connectivity index (χ2v) is 8.79. The normalized spacial score (nSPS) is 15.7. The van der Waals surface area contributed by atoms with Gasteiger partial charge in [0.05, 0.1) is 6.04 Å². The molecule has 1 aliphatic rings. The number of likely N-dealkylation sites (N-methyl/N-ethyl adjacent to an activating group) is 1. The molecule has 3 aromatic heterocycles. The largest absolute Gasteiger partial charge is 0.352 e. The van der Waals surface area contributed by atoms with Crippen LogP contribution < -0.4 is 4.90 Å². The summed E-state index contributed by atoms with van der Waals surface area (Å²) < 4.78 is 28.8. The Bertz CT molecular complexity index is 1060. The van der Waals surface area contributed by atoms with E-state index in [9.17, 15) is 8.42 Å². The van der Waals surface area contributed by atoms with Crippen molar-refractivity contribution in [2.45, 2.75) is 6.04 Å². The number of hydrogen-bond acceptors (Lipinski definition) is 7. The fraction of sp³-hybridized carbons (Fsp3) is 0.375. The molecule has 27 heavy (non-hydrogen) atoms. The van der Waals surface area contributed by atoms with Crippen molar-refractivity contribution in [1.29, 1.82) is 0 Å². The number of nitrogens with zero attached hydrogens (tertiary/aromatic N) is 8. The van der Waals surface area contributed by atoms with Gasteiger partial charge in [0.2, 0.25) is 0 Å². The summed E-state index contributed by atoms with van der Waals surface area (Å²) in [5, 5.41) is 13.0. The smallest absolute Gasteiger partial charge is 0.281 e. The molecular weight excluding hydrogens is 368 g/mol. The SMILES string of the molecule is CN(C)S(=O)(=O)N(C)C1CN(c2ccc3nnc(-c4cccnc4)n3n2)C1. The van der Waals surface area contributed by atoms with Crippen LogP contribution in [0.15, 0.2) is 36.7 Å². The minimum Gasteiger partial charge on any atom is -0.352 e. The van der Waals surface area contributed by atoms with Gasteiger partial charge in [-0.05, 0) is 24.3 Å². The van der Waals surface area contributed by atoms with E-state index in [1.807, 2.05) is 29.2 Å². The van der Waals surface area contributed by atoms with Gasteiger partial charge in [-0.15, -0.1) is 15.3 Å². The molecule has 0 radical (unpaired) electrons. The zero-order valence-corrected chi connectivity index (χ0v) is 16.1. The molecule has 1 fully saturated rings. The topological polar surface area (TPSA) is 99.8 Å². The summed E-state index contributed by atoms with van der Waals surface area (Å²) in [6, 6.07) is 7.37. The number of aromatic nitrogens is 5. The second-order valence-electron chi connectivity index (χ2n) is 6.59. The fourth-order valence-corrected chi connectivity index (χ4v) is 3.97. The molecule has 3 aromatic rings. The minimum absolute atomic E-state index is 0.0893. The lowest BCUT2D eigenvalue weighted by molar-refractivity contribution is 0.293. The first-order valence-electron chi connectivity index (χ1n) is 8.41. The van der Waals surface area contributed by atoms with Gasteiger partial charge in [-0.25, -0.2) is 0 Å². The average molecular weight is 388 g/mol. The summed E-state index contributed by atoms with van der Waals surface area (Å²) in [4.78, 5) is 6.14. The van der Waals surface area contributed by atoms with Crippen LogP contribution in [-0.4, -0.2) is 82.1 Å². The third-order valence-corrected chi connectivity index (χ3v) is 6.64. The highest BCUT2D eigenvalue weighted by Gasteiger charge is 2.37. The lowest BCUT2D eigenvalue weighted by Crippen LogP contribution is -2.61. The molecule has 0 aromatic carbocycles. The van der Waals surface area contributed by atoms with Gasteiger partial charge in [-0.3, -0.25) is 4.98 Å². The monoisotopic (exact) mass is 388 g/mol. The molecule has 0 N–H and O–H groups in total. The van der Waals surface area contributed by atoms with Gasteiger partial charge in [0.1, 0.15) is 5.82 Å². The van der Waals surface area contributed by atoms with Gasteiger partial charge in [0.25, 0.3) is 10.2 Å². The van der Waals surface area contributed by atoms with Crippen molar-refractivity contribution in [3.63, 3.8) is 0 Å². The van der Waals surface area contributed by atoms with Gasteiger partial charge in [-0.1, -0.05) is 0 Å². The minimum atomic E-state index is -3.42. The fourth-order valence-electron chi connectivity index (χ4n) is 2.94. The summed E-state index contributed by atoms with van der Waals surface area (Å²) in [5.41, 5.74) is 1.47. The molecule has 10 nitrogen and oxygen atoms in total. The predicted molar refractivity (Wildman–Crippen MR) is 100 cm³/mol. The highest BCUT2D eigenvalue weighted by molar-refractivity contribution is 7.86. The second kappa shape index (κ2) is 6.51. The molecule has 1 saturated heterocycles. The molecule has 0 amide bonds. The summed E-state index contributed by atoms with van der Waals surface area (Å²) in [6.45, 7) is 1.15. The molecular formula is C16H20N8O2S. The number of rotatable bonds is 5. The van der Waals surface area contributed by atoms with Gasteiger partial charge < -0.3 is 4.90 Å². The Morgan fingerprint density at radius 2 is 1.89 bits per heavy atom. The van der Waals surface area contributed by atoms with Crippen molar-refractivity contribution in [3.05, 3.63) is 36.7 Å². The number of hydrogen-bond donors (Lipinski definition) is 0. The van der Waals surface area contributed by atoms with E-state index in [2.05, 4.69) is 20.3 Å². The van der Waals surface area contributed by atoms with Crippen molar-refractivity contribution in [3.8, 4) is 11.4 Å². The van der Waals surface area contributed by atoms with Crippen LogP contribution in [0.5, 0.6) is 0 Å². The maximum Gasteiger partial charge on any atom is 0.281 e. The molecule has 0 spiro atoms. The van der Waals surface area contributed by atoms with Crippen molar-refractivity contribution >= 4 is 21.7 Å². The van der Waals surface area contributed by atoms with Crippen LogP contribution in [0.25, 0.3) is 17.0 Å². The van der Waals surface area contributed by atoms with Crippen molar-refractivity contribution in [2.75, 3.05) is 39.1 Å². The molecule has 0 bridgehead atoms. The van der Waals surface area contributed by atoms with E-state index < -0.39 is 10.2 Å². The van der Waals surface area contributed by atoms with Crippen molar-refractivity contribution in [2.24, 2.45) is 0 Å². The summed E-state index contributed by atoms with van der Waals surface area (Å²) in [6.07, 6.45) is 3.41. The highest BCUT2D eigenvalue weighted by atomic mass is 32.2. The van der Waals surface area contributed by atoms with Crippen LogP contribution in [0.4, 0.5) is 5.82 Å². The molecule has 0 atom stereocenters. The van der Waals surface area contributed by atoms with Crippen LogP contribution in [0, 0.1) is 0 Å². The third-order valence-electron chi connectivity index (χ3n) is 4.69. The lowest BCUT2D eigenvalue weighted by Gasteiger charge is -2.44. The standard InChI is InChI=1S/C16H20N8O2S/c1-21(2)27(25,26)22(3)13-10-23(11-13)15-7-6-14-18-19-16(24(14)20-15)12-5-4-8-17-9-12/h4-9,13H,10-11H2,1-3H3. The average Bonchev–Trinajstić information content (AvgIpc) is 3.04. The Morgan fingerprint density at radius 1 is 1.11 bits per heavy atom. The zero-order chi connectivity index (χ0) is 19.2. The van der Waals surface area contributed by atoms with E-state index in [1.54, 1.807) is 24.0 Å². The molecule has 1 aliphatic heterocycles. The van der Waals surface area contributed by atoms with E-state index in [4.69, 9.17) is 0 Å². The van der Waals surface area contributed by atoms with E-state index in [0.29, 0.717) is 24.6 Å². The quantitative estimate of drug-likeness (QED) is 0.612. The summed E-state index contributed by atoms with van der Waals surface area (Å²) in [7, 11) is 1.24. The Kier molecular flexibility index (Phi) is 4.29. The molecule has 0 aliphatic carbocycles. The van der Waals surface area contributed by atoms with E-state index >= 15 is 0 Å². The lowest BCUT2D eigenvalue weighted by atomic mass is 10.1. The van der Waals surface area contributed by atoms with Crippen LogP contribution in [0.2, 0.25) is 0 Å². The molecule has 11 heteroatoms. The van der Waals surface area contributed by atoms with Crippen LogP contribution >= 0.6 is 0 Å². The Balaban J connectivity index is 1.56. The van der Waals surface area contributed by atoms with Crippen molar-refractivity contribution < 1.29 is 8.42 Å². The molecule has 0 saturated carbocycles. The third kappa shape index (κ3) is 3.03. The first-order valence-corrected chi connectivity index (χ1v) is 9.81. The molecule has 4 heterocycles. The first-order chi connectivity index (χ1) is 12.9. The Hall–Kier alpha value is -2.63. The van der Waals surface area contributed by atoms with Crippen LogP contribution in [-0.2, 0) is 10.2 Å². The Labute approximate surface area is 157 Å². The van der Waals surface area contributed by atoms with E-state index in [-0.39, 0.29) is 6.04 Å². The van der Waals surface area contributed by atoms with Gasteiger partial charge in [0.15, 0.2) is 11.5 Å².